The summed E-state index contributed by atoms with van der Waals surface area (Å²) >= 11 is 3.30. The summed E-state index contributed by atoms with van der Waals surface area (Å²) in [6, 6.07) is 3.50. The van der Waals surface area contributed by atoms with Crippen molar-refractivity contribution in [2.24, 2.45) is 0 Å². The van der Waals surface area contributed by atoms with E-state index in [1.165, 1.54) is 0 Å². The second kappa shape index (κ2) is 4.46. The van der Waals surface area contributed by atoms with E-state index in [9.17, 15) is 4.79 Å². The van der Waals surface area contributed by atoms with Crippen molar-refractivity contribution in [1.29, 1.82) is 0 Å². The molecule has 1 rings (SSSR count). The molecule has 0 saturated heterocycles. The van der Waals surface area contributed by atoms with E-state index in [1.807, 2.05) is 0 Å². The van der Waals surface area contributed by atoms with E-state index in [0.29, 0.717) is 22.3 Å². The van der Waals surface area contributed by atoms with Gasteiger partial charge >= 0.3 is 5.97 Å². The fourth-order valence-electron chi connectivity index (χ4n) is 1.15. The van der Waals surface area contributed by atoms with Gasteiger partial charge in [0.15, 0.2) is 0 Å². The number of nitrogens with two attached hydrogens (primary N) is 1. The molecule has 0 saturated carbocycles. The lowest BCUT2D eigenvalue weighted by Gasteiger charge is -2.09. The number of anilines is 1. The SMILES string of the molecule is CCOC(=O)c1c(Br)ccc(N)c1C. The van der Waals surface area contributed by atoms with Crippen LogP contribution in [0.2, 0.25) is 0 Å². The zero-order valence-corrected chi connectivity index (χ0v) is 9.72. The first-order chi connectivity index (χ1) is 6.57. The zero-order valence-electron chi connectivity index (χ0n) is 8.13. The second-order valence-corrected chi connectivity index (χ2v) is 3.71. The number of carbonyl (C=O) groups is 1. The van der Waals surface area contributed by atoms with E-state index >= 15 is 0 Å². The summed E-state index contributed by atoms with van der Waals surface area (Å²) in [5.41, 5.74) is 7.54. The third-order valence-corrected chi connectivity index (χ3v) is 2.60. The Morgan fingerprint density at radius 1 is 1.57 bits per heavy atom. The number of esters is 1. The number of halogens is 1. The fourth-order valence-corrected chi connectivity index (χ4v) is 1.74. The van der Waals surface area contributed by atoms with Gasteiger partial charge in [-0.15, -0.1) is 0 Å². The minimum atomic E-state index is -0.343. The fraction of sp³-hybridized carbons (Fsp3) is 0.300. The van der Waals surface area contributed by atoms with Crippen molar-refractivity contribution in [2.45, 2.75) is 13.8 Å². The van der Waals surface area contributed by atoms with Crippen molar-refractivity contribution < 1.29 is 9.53 Å². The highest BCUT2D eigenvalue weighted by Gasteiger charge is 2.15. The smallest absolute Gasteiger partial charge is 0.339 e. The van der Waals surface area contributed by atoms with Crippen LogP contribution in [0.15, 0.2) is 16.6 Å². The molecule has 0 atom stereocenters. The molecular formula is C10H12BrNO2. The zero-order chi connectivity index (χ0) is 10.7. The number of carbonyl (C=O) groups excluding carboxylic acids is 1. The van der Waals surface area contributed by atoms with Crippen LogP contribution >= 0.6 is 15.9 Å². The lowest BCUT2D eigenvalue weighted by Crippen LogP contribution is -2.09. The van der Waals surface area contributed by atoms with Crippen LogP contribution in [-0.2, 0) is 4.74 Å². The van der Waals surface area contributed by atoms with E-state index in [4.69, 9.17) is 10.5 Å². The topological polar surface area (TPSA) is 52.3 Å². The van der Waals surface area contributed by atoms with E-state index in [2.05, 4.69) is 15.9 Å². The molecule has 0 unspecified atom stereocenters. The van der Waals surface area contributed by atoms with Crippen molar-refractivity contribution in [1.82, 2.24) is 0 Å². The molecule has 0 radical (unpaired) electrons. The monoisotopic (exact) mass is 257 g/mol. The molecule has 2 N–H and O–H groups in total. The molecule has 0 fully saturated rings. The van der Waals surface area contributed by atoms with Gasteiger partial charge in [0.25, 0.3) is 0 Å². The number of hydrogen-bond donors (Lipinski definition) is 1. The van der Waals surface area contributed by atoms with Gasteiger partial charge in [0.2, 0.25) is 0 Å². The van der Waals surface area contributed by atoms with Gasteiger partial charge in [-0.2, -0.15) is 0 Å². The van der Waals surface area contributed by atoms with Crippen LogP contribution < -0.4 is 5.73 Å². The molecule has 1 aromatic rings. The Morgan fingerprint density at radius 3 is 2.79 bits per heavy atom. The number of rotatable bonds is 2. The van der Waals surface area contributed by atoms with Crippen LogP contribution in [0, 0.1) is 6.92 Å². The van der Waals surface area contributed by atoms with E-state index in [1.54, 1.807) is 26.0 Å². The molecular weight excluding hydrogens is 246 g/mol. The van der Waals surface area contributed by atoms with Crippen LogP contribution in [0.3, 0.4) is 0 Å². The average Bonchev–Trinajstić information content (AvgIpc) is 2.13. The molecule has 0 bridgehead atoms. The largest absolute Gasteiger partial charge is 0.462 e. The first-order valence-electron chi connectivity index (χ1n) is 4.29. The van der Waals surface area contributed by atoms with E-state index in [-0.39, 0.29) is 5.97 Å². The van der Waals surface area contributed by atoms with Crippen molar-refractivity contribution in [3.05, 3.63) is 27.7 Å². The third kappa shape index (κ3) is 2.07. The Kier molecular flexibility index (Phi) is 3.52. The molecule has 0 amide bonds. The molecule has 0 aliphatic carbocycles. The van der Waals surface area contributed by atoms with Crippen molar-refractivity contribution in [2.75, 3.05) is 12.3 Å². The molecule has 76 valence electrons. The lowest BCUT2D eigenvalue weighted by atomic mass is 10.1. The van der Waals surface area contributed by atoms with Crippen LogP contribution in [-0.4, -0.2) is 12.6 Å². The van der Waals surface area contributed by atoms with E-state index in [0.717, 1.165) is 5.56 Å². The van der Waals surface area contributed by atoms with Crippen molar-refractivity contribution >= 4 is 27.6 Å². The van der Waals surface area contributed by atoms with Gasteiger partial charge in [0.05, 0.1) is 12.2 Å². The molecule has 0 spiro atoms. The summed E-state index contributed by atoms with van der Waals surface area (Å²) in [5, 5.41) is 0. The quantitative estimate of drug-likeness (QED) is 0.655. The predicted octanol–water partition coefficient (Wildman–Crippen LogP) is 2.52. The molecule has 0 aliphatic rings. The maximum atomic E-state index is 11.5. The minimum absolute atomic E-state index is 0.343. The number of nitrogen functional groups attached to an aromatic ring is 1. The standard InChI is InChI=1S/C10H12BrNO2/c1-3-14-10(13)9-6(2)8(12)5-4-7(9)11/h4-5H,3,12H2,1-2H3. The highest BCUT2D eigenvalue weighted by Crippen LogP contribution is 2.25. The minimum Gasteiger partial charge on any atom is -0.462 e. The molecule has 14 heavy (non-hydrogen) atoms. The predicted molar refractivity (Wildman–Crippen MR) is 59.2 cm³/mol. The summed E-state index contributed by atoms with van der Waals surface area (Å²) in [5.74, 6) is -0.343. The van der Waals surface area contributed by atoms with Gasteiger partial charge in [0.1, 0.15) is 0 Å². The van der Waals surface area contributed by atoms with Gasteiger partial charge in [0, 0.05) is 10.2 Å². The molecule has 0 aliphatic heterocycles. The highest BCUT2D eigenvalue weighted by molar-refractivity contribution is 9.10. The van der Waals surface area contributed by atoms with Crippen LogP contribution in [0.25, 0.3) is 0 Å². The van der Waals surface area contributed by atoms with E-state index < -0.39 is 0 Å². The van der Waals surface area contributed by atoms with Crippen LogP contribution in [0.1, 0.15) is 22.8 Å². The van der Waals surface area contributed by atoms with Gasteiger partial charge < -0.3 is 10.5 Å². The Bertz CT molecular complexity index is 363. The number of benzene rings is 1. The van der Waals surface area contributed by atoms with Crippen LogP contribution in [0.4, 0.5) is 5.69 Å². The van der Waals surface area contributed by atoms with Crippen molar-refractivity contribution in [3.8, 4) is 0 Å². The maximum Gasteiger partial charge on any atom is 0.339 e. The Labute approximate surface area is 91.4 Å². The van der Waals surface area contributed by atoms with Gasteiger partial charge in [-0.25, -0.2) is 4.79 Å². The van der Waals surface area contributed by atoms with Crippen molar-refractivity contribution in [3.63, 3.8) is 0 Å². The van der Waals surface area contributed by atoms with Crippen LogP contribution in [0.5, 0.6) is 0 Å². The Morgan fingerprint density at radius 2 is 2.21 bits per heavy atom. The average molecular weight is 258 g/mol. The van der Waals surface area contributed by atoms with Gasteiger partial charge in [-0.1, -0.05) is 0 Å². The molecule has 3 nitrogen and oxygen atoms in total. The Balaban J connectivity index is 3.18. The summed E-state index contributed by atoms with van der Waals surface area (Å²) in [4.78, 5) is 11.5. The first kappa shape index (κ1) is 11.0. The molecule has 1 aromatic carbocycles. The molecule has 4 heteroatoms. The van der Waals surface area contributed by atoms with Gasteiger partial charge in [-0.3, -0.25) is 0 Å². The van der Waals surface area contributed by atoms with Gasteiger partial charge in [-0.05, 0) is 47.5 Å². The summed E-state index contributed by atoms with van der Waals surface area (Å²) in [6.07, 6.45) is 0. The summed E-state index contributed by atoms with van der Waals surface area (Å²) < 4.78 is 5.63. The number of ether oxygens (including phenoxy) is 1. The maximum absolute atomic E-state index is 11.5. The third-order valence-electron chi connectivity index (χ3n) is 1.94. The second-order valence-electron chi connectivity index (χ2n) is 2.86. The normalized spacial score (nSPS) is 9.93. The molecule has 0 heterocycles. The molecule has 0 aromatic heterocycles. The summed E-state index contributed by atoms with van der Waals surface area (Å²) in [7, 11) is 0. The highest BCUT2D eigenvalue weighted by atomic mass is 79.9. The Hall–Kier alpha value is -1.03. The lowest BCUT2D eigenvalue weighted by molar-refractivity contribution is 0.0524. The summed E-state index contributed by atoms with van der Waals surface area (Å²) in [6.45, 7) is 3.93. The number of hydrogen-bond acceptors (Lipinski definition) is 3. The first-order valence-corrected chi connectivity index (χ1v) is 5.09.